The lowest BCUT2D eigenvalue weighted by Gasteiger charge is -2.48. The van der Waals surface area contributed by atoms with E-state index >= 15 is 0 Å². The summed E-state index contributed by atoms with van der Waals surface area (Å²) in [7, 11) is 0. The van der Waals surface area contributed by atoms with Crippen LogP contribution in [0.2, 0.25) is 0 Å². The van der Waals surface area contributed by atoms with Crippen LogP contribution < -0.4 is 0 Å². The van der Waals surface area contributed by atoms with Crippen LogP contribution in [-0.4, -0.2) is 5.97 Å². The first-order valence-corrected chi connectivity index (χ1v) is 8.86. The summed E-state index contributed by atoms with van der Waals surface area (Å²) in [4.78, 5) is 12.5. The lowest BCUT2D eigenvalue weighted by Crippen LogP contribution is -2.43. The van der Waals surface area contributed by atoms with Crippen molar-refractivity contribution in [3.05, 3.63) is 34.8 Å². The van der Waals surface area contributed by atoms with Gasteiger partial charge in [0.1, 0.15) is 11.9 Å². The number of hydrogen-bond donors (Lipinski definition) is 0. The van der Waals surface area contributed by atoms with Gasteiger partial charge in [-0.3, -0.25) is 4.79 Å². The maximum Gasteiger partial charge on any atom is 0.309 e. The van der Waals surface area contributed by atoms with Gasteiger partial charge in [0, 0.05) is 17.4 Å². The van der Waals surface area contributed by atoms with Gasteiger partial charge in [-0.2, -0.15) is 0 Å². The van der Waals surface area contributed by atoms with Crippen LogP contribution in [0.25, 0.3) is 0 Å². The van der Waals surface area contributed by atoms with E-state index in [-0.39, 0.29) is 23.4 Å². The quantitative estimate of drug-likeness (QED) is 0.573. The fraction of sp³-hybridized carbons (Fsp3) is 0.650. The van der Waals surface area contributed by atoms with Crippen LogP contribution >= 0.6 is 0 Å². The number of carbonyl (C=O) groups is 1. The molecule has 3 nitrogen and oxygen atoms in total. The molecule has 1 heterocycles. The van der Waals surface area contributed by atoms with E-state index in [1.807, 2.05) is 13.8 Å². The van der Waals surface area contributed by atoms with Crippen LogP contribution in [0.4, 0.5) is 0 Å². The third-order valence-corrected chi connectivity index (χ3v) is 6.22. The third-order valence-electron chi connectivity index (χ3n) is 6.22. The standard InChI is InChI=1S/C20H28O3/c1-6-12(2)19(21)23-18-17-13(3)11-22-16(17)10-15-9-7-8-14(4)20(15,18)5/h9,11-12,14,18H,6-8,10H2,1-5H3/t12?,14-,18+,20+/m0/s1. The molecule has 3 heteroatoms. The van der Waals surface area contributed by atoms with Gasteiger partial charge >= 0.3 is 5.97 Å². The minimum atomic E-state index is -0.229. The van der Waals surface area contributed by atoms with E-state index in [0.29, 0.717) is 5.92 Å². The van der Waals surface area contributed by atoms with Crippen molar-refractivity contribution < 1.29 is 13.9 Å². The molecule has 1 unspecified atom stereocenters. The molecular formula is C20H28O3. The lowest BCUT2D eigenvalue weighted by atomic mass is 9.58. The van der Waals surface area contributed by atoms with E-state index in [1.165, 1.54) is 5.57 Å². The Bertz CT molecular complexity index is 639. The fourth-order valence-electron chi connectivity index (χ4n) is 4.08. The maximum atomic E-state index is 12.5. The molecule has 4 atom stereocenters. The molecule has 1 aromatic rings. The Morgan fingerprint density at radius 1 is 1.52 bits per heavy atom. The minimum absolute atomic E-state index is 0.0671. The topological polar surface area (TPSA) is 39.4 Å². The van der Waals surface area contributed by atoms with Crippen molar-refractivity contribution in [1.82, 2.24) is 0 Å². The molecule has 0 amide bonds. The Morgan fingerprint density at radius 2 is 2.26 bits per heavy atom. The molecular weight excluding hydrogens is 288 g/mol. The number of hydrogen-bond acceptors (Lipinski definition) is 3. The van der Waals surface area contributed by atoms with Gasteiger partial charge in [-0.15, -0.1) is 0 Å². The molecule has 0 N–H and O–H groups in total. The number of fused-ring (bicyclic) bond motifs is 2. The first-order valence-electron chi connectivity index (χ1n) is 8.86. The first kappa shape index (κ1) is 16.4. The lowest BCUT2D eigenvalue weighted by molar-refractivity contribution is -0.163. The van der Waals surface area contributed by atoms with Crippen LogP contribution in [0.15, 0.2) is 22.3 Å². The highest BCUT2D eigenvalue weighted by Crippen LogP contribution is 2.57. The maximum absolute atomic E-state index is 12.5. The molecule has 3 rings (SSSR count). The molecule has 0 fully saturated rings. The summed E-state index contributed by atoms with van der Waals surface area (Å²) in [6, 6.07) is 0. The Hall–Kier alpha value is -1.51. The molecule has 0 radical (unpaired) electrons. The van der Waals surface area contributed by atoms with Crippen molar-refractivity contribution >= 4 is 5.97 Å². The zero-order valence-electron chi connectivity index (χ0n) is 14.9. The van der Waals surface area contributed by atoms with Gasteiger partial charge in [0.2, 0.25) is 0 Å². The molecule has 0 spiro atoms. The van der Waals surface area contributed by atoms with Crippen molar-refractivity contribution in [2.75, 3.05) is 0 Å². The average Bonchev–Trinajstić information content (AvgIpc) is 2.89. The van der Waals surface area contributed by atoms with Gasteiger partial charge in [0.25, 0.3) is 0 Å². The number of ether oxygens (including phenoxy) is 1. The zero-order valence-corrected chi connectivity index (χ0v) is 14.9. The SMILES string of the molecule is CCC(C)C(=O)O[C@@H]1c2c(C)coc2CC2=CCC[C@H](C)[C@]21C. The van der Waals surface area contributed by atoms with Crippen LogP contribution in [-0.2, 0) is 16.0 Å². The van der Waals surface area contributed by atoms with E-state index in [2.05, 4.69) is 26.8 Å². The van der Waals surface area contributed by atoms with Crippen molar-refractivity contribution in [2.45, 2.75) is 66.4 Å². The molecule has 0 aliphatic heterocycles. The van der Waals surface area contributed by atoms with E-state index in [9.17, 15) is 4.79 Å². The minimum Gasteiger partial charge on any atom is -0.468 e. The Kier molecular flexibility index (Phi) is 4.16. The summed E-state index contributed by atoms with van der Waals surface area (Å²) in [6.45, 7) is 10.6. The highest BCUT2D eigenvalue weighted by molar-refractivity contribution is 5.72. The summed E-state index contributed by atoms with van der Waals surface area (Å²) in [6.07, 6.45) is 7.81. The van der Waals surface area contributed by atoms with Gasteiger partial charge in [0.15, 0.2) is 0 Å². The van der Waals surface area contributed by atoms with Crippen LogP contribution in [0.1, 0.15) is 69.9 Å². The van der Waals surface area contributed by atoms with Crippen molar-refractivity contribution in [2.24, 2.45) is 17.3 Å². The first-order chi connectivity index (χ1) is 10.9. The molecule has 0 bridgehead atoms. The van der Waals surface area contributed by atoms with E-state index in [4.69, 9.17) is 9.15 Å². The van der Waals surface area contributed by atoms with Gasteiger partial charge in [-0.05, 0) is 37.7 Å². The number of esters is 1. The van der Waals surface area contributed by atoms with Crippen LogP contribution in [0.5, 0.6) is 0 Å². The van der Waals surface area contributed by atoms with Crippen LogP contribution in [0.3, 0.4) is 0 Å². The highest BCUT2D eigenvalue weighted by atomic mass is 16.5. The number of aryl methyl sites for hydroxylation is 1. The number of rotatable bonds is 3. The van der Waals surface area contributed by atoms with Gasteiger partial charge in [0.05, 0.1) is 12.2 Å². The van der Waals surface area contributed by atoms with Crippen molar-refractivity contribution in [3.63, 3.8) is 0 Å². The van der Waals surface area contributed by atoms with Gasteiger partial charge < -0.3 is 9.15 Å². The second kappa shape index (κ2) is 5.85. The second-order valence-electron chi connectivity index (χ2n) is 7.55. The zero-order chi connectivity index (χ0) is 16.8. The Balaban J connectivity index is 2.07. The van der Waals surface area contributed by atoms with Crippen molar-refractivity contribution in [1.29, 1.82) is 0 Å². The summed E-state index contributed by atoms with van der Waals surface area (Å²) < 4.78 is 11.9. The normalized spacial score (nSPS) is 30.9. The molecule has 2 aliphatic rings. The number of allylic oxidation sites excluding steroid dienone is 1. The van der Waals surface area contributed by atoms with Crippen LogP contribution in [0, 0.1) is 24.2 Å². The molecule has 0 saturated heterocycles. The molecule has 23 heavy (non-hydrogen) atoms. The predicted octanol–water partition coefficient (Wildman–Crippen LogP) is 5.14. The molecule has 1 aromatic heterocycles. The van der Waals surface area contributed by atoms with Gasteiger partial charge in [-0.25, -0.2) is 0 Å². The Morgan fingerprint density at radius 3 is 2.96 bits per heavy atom. The largest absolute Gasteiger partial charge is 0.468 e. The van der Waals surface area contributed by atoms with E-state index in [0.717, 1.165) is 42.6 Å². The van der Waals surface area contributed by atoms with Gasteiger partial charge in [-0.1, -0.05) is 39.3 Å². The Labute approximate surface area is 139 Å². The molecule has 0 saturated carbocycles. The second-order valence-corrected chi connectivity index (χ2v) is 7.55. The van der Waals surface area contributed by atoms with E-state index < -0.39 is 0 Å². The van der Waals surface area contributed by atoms with E-state index in [1.54, 1.807) is 6.26 Å². The summed E-state index contributed by atoms with van der Waals surface area (Å²) in [5.74, 6) is 1.30. The van der Waals surface area contributed by atoms with Crippen molar-refractivity contribution in [3.8, 4) is 0 Å². The predicted molar refractivity (Wildman–Crippen MR) is 90.0 cm³/mol. The molecule has 2 aliphatic carbocycles. The number of carbonyl (C=O) groups excluding carboxylic acids is 1. The summed E-state index contributed by atoms with van der Waals surface area (Å²) in [5.41, 5.74) is 3.46. The summed E-state index contributed by atoms with van der Waals surface area (Å²) >= 11 is 0. The molecule has 126 valence electrons. The fourth-order valence-corrected chi connectivity index (χ4v) is 4.08. The third kappa shape index (κ3) is 2.45. The monoisotopic (exact) mass is 316 g/mol. The summed E-state index contributed by atoms with van der Waals surface area (Å²) in [5, 5.41) is 0. The highest BCUT2D eigenvalue weighted by Gasteiger charge is 2.51. The smallest absolute Gasteiger partial charge is 0.309 e. The number of furan rings is 1. The average molecular weight is 316 g/mol. The molecule has 0 aromatic carbocycles.